The fraction of sp³-hybridized carbons (Fsp3) is 0.438. The molecule has 0 N–H and O–H groups in total. The van der Waals surface area contributed by atoms with Crippen molar-refractivity contribution in [1.82, 2.24) is 4.98 Å². The average molecular weight is 273 g/mol. The number of benzene rings is 1. The van der Waals surface area contributed by atoms with E-state index >= 15 is 0 Å². The van der Waals surface area contributed by atoms with Crippen molar-refractivity contribution < 1.29 is 4.43 Å². The molecule has 0 bridgehead atoms. The molecule has 2 aromatic rings. The van der Waals surface area contributed by atoms with E-state index in [1.165, 1.54) is 10.9 Å². The van der Waals surface area contributed by atoms with E-state index in [2.05, 4.69) is 57.0 Å². The summed E-state index contributed by atoms with van der Waals surface area (Å²) in [5.74, 6) is 0. The van der Waals surface area contributed by atoms with Crippen LogP contribution in [0.15, 0.2) is 36.5 Å². The molecule has 0 aliphatic heterocycles. The molecule has 1 aromatic heterocycles. The van der Waals surface area contributed by atoms with Crippen molar-refractivity contribution in [3.05, 3.63) is 42.1 Å². The first-order valence-electron chi connectivity index (χ1n) is 6.78. The maximum atomic E-state index is 6.30. The predicted octanol–water partition coefficient (Wildman–Crippen LogP) is 4.76. The number of hydrogen-bond donors (Lipinski definition) is 0. The molecule has 1 heterocycles. The molecule has 0 fully saturated rings. The van der Waals surface area contributed by atoms with Gasteiger partial charge >= 0.3 is 0 Å². The summed E-state index contributed by atoms with van der Waals surface area (Å²) < 4.78 is 6.30. The van der Waals surface area contributed by atoms with Gasteiger partial charge in [-0.1, -0.05) is 39.0 Å². The molecule has 0 atom stereocenters. The summed E-state index contributed by atoms with van der Waals surface area (Å²) in [7, 11) is -1.70. The van der Waals surface area contributed by atoms with E-state index in [0.717, 1.165) is 5.52 Å². The highest BCUT2D eigenvalue weighted by atomic mass is 28.4. The van der Waals surface area contributed by atoms with Gasteiger partial charge in [-0.3, -0.25) is 4.98 Å². The van der Waals surface area contributed by atoms with Crippen molar-refractivity contribution in [3.8, 4) is 0 Å². The van der Waals surface area contributed by atoms with E-state index in [1.807, 2.05) is 18.3 Å². The van der Waals surface area contributed by atoms with Gasteiger partial charge in [-0.25, -0.2) is 0 Å². The fourth-order valence-electron chi connectivity index (χ4n) is 1.76. The van der Waals surface area contributed by atoms with Crippen LogP contribution in [0, 0.1) is 0 Å². The van der Waals surface area contributed by atoms with E-state index in [4.69, 9.17) is 4.43 Å². The van der Waals surface area contributed by atoms with Gasteiger partial charge in [0.05, 0.1) is 12.1 Å². The van der Waals surface area contributed by atoms with E-state index < -0.39 is 8.32 Å². The van der Waals surface area contributed by atoms with E-state index in [-0.39, 0.29) is 5.04 Å². The lowest BCUT2D eigenvalue weighted by molar-refractivity contribution is 0.277. The molecule has 102 valence electrons. The zero-order chi connectivity index (χ0) is 14.1. The molecule has 0 aliphatic rings. The Kier molecular flexibility index (Phi) is 3.79. The SMILES string of the molecule is CC(C)(C)[Si](C)(C)OCc1ccnc2ccccc12. The van der Waals surface area contributed by atoms with Gasteiger partial charge in [0.2, 0.25) is 0 Å². The van der Waals surface area contributed by atoms with Crippen molar-refractivity contribution in [2.75, 3.05) is 0 Å². The lowest BCUT2D eigenvalue weighted by atomic mass is 10.1. The van der Waals surface area contributed by atoms with Gasteiger partial charge in [-0.05, 0) is 35.8 Å². The fourth-order valence-corrected chi connectivity index (χ4v) is 2.70. The van der Waals surface area contributed by atoms with Gasteiger partial charge in [0.25, 0.3) is 0 Å². The molecule has 0 amide bonds. The molecule has 0 unspecified atom stereocenters. The van der Waals surface area contributed by atoms with E-state index in [0.29, 0.717) is 6.61 Å². The van der Waals surface area contributed by atoms with Crippen molar-refractivity contribution >= 4 is 19.2 Å². The normalized spacial score (nSPS) is 12.9. The minimum absolute atomic E-state index is 0.246. The number of hydrogen-bond acceptors (Lipinski definition) is 2. The van der Waals surface area contributed by atoms with Gasteiger partial charge < -0.3 is 4.43 Å². The van der Waals surface area contributed by atoms with Crippen molar-refractivity contribution in [2.24, 2.45) is 0 Å². The van der Waals surface area contributed by atoms with Crippen LogP contribution in [-0.2, 0) is 11.0 Å². The van der Waals surface area contributed by atoms with Crippen molar-refractivity contribution in [3.63, 3.8) is 0 Å². The van der Waals surface area contributed by atoms with Gasteiger partial charge in [-0.15, -0.1) is 0 Å². The van der Waals surface area contributed by atoms with Gasteiger partial charge in [0.1, 0.15) is 0 Å². The summed E-state index contributed by atoms with van der Waals surface area (Å²) in [4.78, 5) is 4.39. The molecule has 0 spiro atoms. The van der Waals surface area contributed by atoms with Crippen LogP contribution in [0.1, 0.15) is 26.3 Å². The Morgan fingerprint density at radius 1 is 1.11 bits per heavy atom. The number of nitrogens with zero attached hydrogens (tertiary/aromatic N) is 1. The van der Waals surface area contributed by atoms with Gasteiger partial charge in [0.15, 0.2) is 8.32 Å². The first kappa shape index (κ1) is 14.2. The molecule has 2 nitrogen and oxygen atoms in total. The lowest BCUT2D eigenvalue weighted by Gasteiger charge is -2.36. The molecule has 0 radical (unpaired) electrons. The molecule has 19 heavy (non-hydrogen) atoms. The number of para-hydroxylation sites is 1. The topological polar surface area (TPSA) is 22.1 Å². The Labute approximate surface area is 117 Å². The Morgan fingerprint density at radius 2 is 1.79 bits per heavy atom. The van der Waals surface area contributed by atoms with Crippen LogP contribution in [0.4, 0.5) is 0 Å². The standard InChI is InChI=1S/C16H23NOSi/c1-16(2,3)19(4,5)18-12-13-10-11-17-15-9-7-6-8-14(13)15/h6-11H,12H2,1-5H3. The summed E-state index contributed by atoms with van der Waals surface area (Å²) in [5.41, 5.74) is 2.27. The van der Waals surface area contributed by atoms with Gasteiger partial charge in [-0.2, -0.15) is 0 Å². The third-order valence-corrected chi connectivity index (χ3v) is 8.61. The molecule has 0 saturated heterocycles. The lowest BCUT2D eigenvalue weighted by Crippen LogP contribution is -2.40. The Balaban J connectivity index is 2.23. The summed E-state index contributed by atoms with van der Waals surface area (Å²) in [6.07, 6.45) is 1.87. The maximum Gasteiger partial charge on any atom is 0.192 e. The summed E-state index contributed by atoms with van der Waals surface area (Å²) in [6, 6.07) is 10.3. The largest absolute Gasteiger partial charge is 0.413 e. The molecule has 0 saturated carbocycles. The van der Waals surface area contributed by atoms with Crippen LogP contribution >= 0.6 is 0 Å². The van der Waals surface area contributed by atoms with Crippen LogP contribution in [0.25, 0.3) is 10.9 Å². The maximum absolute atomic E-state index is 6.30. The van der Waals surface area contributed by atoms with Crippen molar-refractivity contribution in [1.29, 1.82) is 0 Å². The Hall–Kier alpha value is -1.19. The highest BCUT2D eigenvalue weighted by Crippen LogP contribution is 2.37. The molecule has 1 aromatic carbocycles. The predicted molar refractivity (Wildman–Crippen MR) is 83.7 cm³/mol. The third-order valence-electron chi connectivity index (χ3n) is 4.13. The number of aromatic nitrogens is 1. The smallest absolute Gasteiger partial charge is 0.192 e. The minimum Gasteiger partial charge on any atom is -0.413 e. The average Bonchev–Trinajstić information content (AvgIpc) is 2.35. The molecular weight excluding hydrogens is 250 g/mol. The zero-order valence-corrected chi connectivity index (χ0v) is 13.5. The van der Waals surface area contributed by atoms with Crippen LogP contribution in [-0.4, -0.2) is 13.3 Å². The first-order valence-corrected chi connectivity index (χ1v) is 9.69. The summed E-state index contributed by atoms with van der Waals surface area (Å²) in [5, 5.41) is 1.44. The van der Waals surface area contributed by atoms with Crippen LogP contribution < -0.4 is 0 Å². The highest BCUT2D eigenvalue weighted by molar-refractivity contribution is 6.74. The van der Waals surface area contributed by atoms with E-state index in [9.17, 15) is 0 Å². The second-order valence-corrected chi connectivity index (χ2v) is 11.3. The Morgan fingerprint density at radius 3 is 2.47 bits per heavy atom. The summed E-state index contributed by atoms with van der Waals surface area (Å²) in [6.45, 7) is 12.1. The minimum atomic E-state index is -1.70. The van der Waals surface area contributed by atoms with Crippen LogP contribution in [0.5, 0.6) is 0 Å². The second kappa shape index (κ2) is 5.06. The first-order chi connectivity index (χ1) is 8.81. The molecule has 2 rings (SSSR count). The quantitative estimate of drug-likeness (QED) is 0.752. The number of fused-ring (bicyclic) bond motifs is 1. The monoisotopic (exact) mass is 273 g/mol. The van der Waals surface area contributed by atoms with Crippen LogP contribution in [0.3, 0.4) is 0 Å². The zero-order valence-electron chi connectivity index (χ0n) is 12.5. The highest BCUT2D eigenvalue weighted by Gasteiger charge is 2.37. The van der Waals surface area contributed by atoms with E-state index in [1.54, 1.807) is 0 Å². The van der Waals surface area contributed by atoms with Crippen molar-refractivity contribution in [2.45, 2.75) is 45.5 Å². The Bertz CT molecular complexity index is 567. The van der Waals surface area contributed by atoms with Crippen LogP contribution in [0.2, 0.25) is 18.1 Å². The van der Waals surface area contributed by atoms with Gasteiger partial charge in [0, 0.05) is 11.6 Å². The molecule has 3 heteroatoms. The summed E-state index contributed by atoms with van der Waals surface area (Å²) >= 11 is 0. The second-order valence-electron chi connectivity index (χ2n) is 6.54. The third kappa shape index (κ3) is 3.04. The number of pyridine rings is 1. The molecule has 0 aliphatic carbocycles. The number of rotatable bonds is 3. The molecular formula is C16H23NOSi.